The monoisotopic (exact) mass is 1320 g/mol. The number of hydrogen-bond acceptors (Lipinski definition) is 34. The highest BCUT2D eigenvalue weighted by atomic mass is 16.7. The highest BCUT2D eigenvalue weighted by Crippen LogP contribution is 2.53. The molecular weight excluding hydrogens is 1250 g/mol. The van der Waals surface area contributed by atoms with Crippen LogP contribution >= 0.6 is 0 Å². The van der Waals surface area contributed by atoms with E-state index in [1.165, 1.54) is 13.8 Å². The average molecular weight is 1320 g/mol. The van der Waals surface area contributed by atoms with E-state index in [0.29, 0.717) is 0 Å². The summed E-state index contributed by atoms with van der Waals surface area (Å²) in [6, 6.07) is 6.73. The average Bonchev–Trinajstić information content (AvgIpc) is 0.731. The van der Waals surface area contributed by atoms with Crippen molar-refractivity contribution in [2.45, 2.75) is 143 Å². The Hall–Kier alpha value is -7.82. The molecule has 6 heterocycles. The zero-order valence-electron chi connectivity index (χ0n) is 49.7. The number of fused-ring (bicyclic) bond motifs is 2. The predicted molar refractivity (Wildman–Crippen MR) is 306 cm³/mol. The smallest absolute Gasteiger partial charge is 0.239 e. The molecule has 4 aromatic carbocycles. The van der Waals surface area contributed by atoms with Crippen LogP contribution in [0.3, 0.4) is 0 Å². The minimum atomic E-state index is -2.24. The summed E-state index contributed by atoms with van der Waals surface area (Å²) in [5.41, 5.74) is -6.01. The summed E-state index contributed by atoms with van der Waals surface area (Å²) in [4.78, 5) is 30.7. The minimum absolute atomic E-state index is 0.212. The number of rotatable bonds is 18. The van der Waals surface area contributed by atoms with Crippen LogP contribution in [0.15, 0.2) is 54.8 Å². The maximum atomic E-state index is 15.4. The van der Waals surface area contributed by atoms with Crippen molar-refractivity contribution in [2.75, 3.05) is 41.7 Å². The molecule has 0 amide bonds. The van der Waals surface area contributed by atoms with Crippen LogP contribution in [0.1, 0.15) is 25.0 Å². The molecule has 0 aliphatic carbocycles. The Kier molecular flexibility index (Phi) is 19.7. The van der Waals surface area contributed by atoms with Crippen LogP contribution in [0.25, 0.3) is 44.6 Å². The highest BCUT2D eigenvalue weighted by Gasteiger charge is 2.51. The number of methoxy groups -OCH3 is 4. The largest absolute Gasteiger partial charge is 0.504 e. The normalized spacial score (nSPS) is 31.5. The number of hydrogen-bond donors (Lipinski definition) is 18. The minimum Gasteiger partial charge on any atom is -0.504 e. The van der Waals surface area contributed by atoms with E-state index in [4.69, 9.17) is 65.7 Å². The van der Waals surface area contributed by atoms with Crippen molar-refractivity contribution in [1.82, 2.24) is 0 Å². The van der Waals surface area contributed by atoms with Gasteiger partial charge in [0, 0.05) is 28.7 Å². The fraction of sp³-hybridized carbons (Fsp3) is 0.492. The van der Waals surface area contributed by atoms with Crippen LogP contribution in [0.4, 0.5) is 0 Å². The number of ether oxygens (including phenoxy) is 12. The van der Waals surface area contributed by atoms with Crippen LogP contribution in [0, 0.1) is 0 Å². The molecule has 0 unspecified atom stereocenters. The first-order valence-electron chi connectivity index (χ1n) is 28.4. The molecule has 10 rings (SSSR count). The Bertz CT molecular complexity index is 3610. The molecule has 20 atom stereocenters. The third-order valence-corrected chi connectivity index (χ3v) is 16.5. The van der Waals surface area contributed by atoms with E-state index in [1.807, 2.05) is 0 Å². The van der Waals surface area contributed by atoms with Crippen LogP contribution < -0.4 is 39.3 Å². The van der Waals surface area contributed by atoms with E-state index >= 15 is 9.59 Å². The van der Waals surface area contributed by atoms with Crippen molar-refractivity contribution < 1.29 is 158 Å². The summed E-state index contributed by atoms with van der Waals surface area (Å²) >= 11 is 0. The summed E-state index contributed by atoms with van der Waals surface area (Å²) in [5, 5.41) is 197. The molecule has 0 radical (unpaired) electrons. The van der Waals surface area contributed by atoms with Crippen LogP contribution in [-0.4, -0.2) is 256 Å². The first-order chi connectivity index (χ1) is 44.1. The van der Waals surface area contributed by atoms with E-state index in [1.54, 1.807) is 0 Å². The van der Waals surface area contributed by atoms with E-state index in [-0.39, 0.29) is 22.6 Å². The molecular formula is C59H68O34. The van der Waals surface area contributed by atoms with Gasteiger partial charge in [-0.1, -0.05) is 0 Å². The van der Waals surface area contributed by atoms with Crippen LogP contribution in [-0.2, 0) is 34.8 Å². The molecule has 4 aliphatic rings. The molecule has 0 saturated carbocycles. The number of benzene rings is 4. The topological polar surface area (TPSA) is 535 Å². The molecule has 4 fully saturated rings. The van der Waals surface area contributed by atoms with Crippen molar-refractivity contribution in [3.05, 3.63) is 68.0 Å². The first-order valence-corrected chi connectivity index (χ1v) is 28.4. The van der Waals surface area contributed by atoms with Gasteiger partial charge < -0.3 is 158 Å². The number of phenolic OH excluding ortho intramolecular Hbond substituents is 6. The molecule has 6 aromatic rings. The van der Waals surface area contributed by atoms with Crippen LogP contribution in [0.2, 0.25) is 0 Å². The Morgan fingerprint density at radius 1 is 0.398 bits per heavy atom. The van der Waals surface area contributed by atoms with Gasteiger partial charge in [-0.25, -0.2) is 0 Å². The van der Waals surface area contributed by atoms with Gasteiger partial charge in [-0.05, 0) is 50.2 Å². The molecule has 2 aromatic heterocycles. The Morgan fingerprint density at radius 2 is 0.742 bits per heavy atom. The van der Waals surface area contributed by atoms with Crippen molar-refractivity contribution in [2.24, 2.45) is 0 Å². The number of aliphatic hydroxyl groups is 12. The van der Waals surface area contributed by atoms with E-state index in [9.17, 15) is 91.9 Å². The summed E-state index contributed by atoms with van der Waals surface area (Å²) in [6.07, 6.45) is -37.3. The molecule has 4 aliphatic heterocycles. The van der Waals surface area contributed by atoms with E-state index < -0.39 is 255 Å². The summed E-state index contributed by atoms with van der Waals surface area (Å²) < 4.78 is 80.2. The highest BCUT2D eigenvalue weighted by molar-refractivity contribution is 5.97. The van der Waals surface area contributed by atoms with Crippen molar-refractivity contribution in [1.29, 1.82) is 0 Å². The van der Waals surface area contributed by atoms with Gasteiger partial charge in [0.25, 0.3) is 0 Å². The lowest BCUT2D eigenvalue weighted by Crippen LogP contribution is -2.61. The lowest BCUT2D eigenvalue weighted by Gasteiger charge is -2.42. The van der Waals surface area contributed by atoms with E-state index in [0.717, 1.165) is 64.8 Å². The lowest BCUT2D eigenvalue weighted by atomic mass is 9.95. The van der Waals surface area contributed by atoms with E-state index in [2.05, 4.69) is 0 Å². The molecule has 4 saturated heterocycles. The summed E-state index contributed by atoms with van der Waals surface area (Å²) in [7, 11) is 4.22. The molecule has 508 valence electrons. The third kappa shape index (κ3) is 12.2. The Morgan fingerprint density at radius 3 is 1.09 bits per heavy atom. The second kappa shape index (κ2) is 26.9. The fourth-order valence-corrected chi connectivity index (χ4v) is 11.2. The molecule has 34 nitrogen and oxygen atoms in total. The van der Waals surface area contributed by atoms with Crippen LogP contribution in [0.5, 0.6) is 69.0 Å². The number of aliphatic hydroxyl groups excluding tert-OH is 12. The quantitative estimate of drug-likeness (QED) is 0.0412. The Balaban J connectivity index is 1.12. The number of phenols is 6. The second-order valence-electron chi connectivity index (χ2n) is 22.2. The standard InChI is InChI=1S/C59H68O34/c1-16-30(62)40(72)44(76)56(86-16)84-14-26-34(66)42(74)46(78)58(88-26)92-54-38(70)28-36(68)52(82-5)32(64)20(50(28)90-48(54)18-7-9-22(60)24(11-18)80-3)13-21-33(65)53(83-6)37(69)29-39(71)55(49(91-51(21)29)19-8-10-23(61)25(12-19)81-4)93-59-47(79)43(75)35(67)27(89-59)15-85-57-45(77)41(73)31(63)17(2)87-57/h7-12,16-17,26-27,30-31,34-35,40-47,56-69,72-79H,13-15H2,1-6H3/t16-,17-,26+,27+,30-,31-,34-,35-,40+,41+,42-,43-,44+,45+,46+,47+,56+,57+,58-,59-/m0/s1. The molecule has 0 spiro atoms. The molecule has 0 bridgehead atoms. The zero-order valence-corrected chi connectivity index (χ0v) is 49.7. The van der Waals surface area contributed by atoms with Gasteiger partial charge >= 0.3 is 0 Å². The molecule has 93 heavy (non-hydrogen) atoms. The Labute approximate surface area is 522 Å². The fourth-order valence-electron chi connectivity index (χ4n) is 11.2. The van der Waals surface area contributed by atoms with Gasteiger partial charge in [0.2, 0.25) is 46.4 Å². The zero-order chi connectivity index (χ0) is 67.7. The molecule has 34 heteroatoms. The first kappa shape index (κ1) is 68.1. The maximum Gasteiger partial charge on any atom is 0.239 e. The van der Waals surface area contributed by atoms with Crippen molar-refractivity contribution in [3.8, 4) is 91.6 Å². The van der Waals surface area contributed by atoms with Crippen molar-refractivity contribution >= 4 is 21.9 Å². The third-order valence-electron chi connectivity index (χ3n) is 16.5. The second-order valence-corrected chi connectivity index (χ2v) is 22.2. The van der Waals surface area contributed by atoms with Gasteiger partial charge in [-0.15, -0.1) is 0 Å². The maximum absolute atomic E-state index is 15.4. The van der Waals surface area contributed by atoms with Crippen molar-refractivity contribution in [3.63, 3.8) is 0 Å². The summed E-state index contributed by atoms with van der Waals surface area (Å²) in [5.74, 6) is -10.8. The number of aromatic hydroxyl groups is 6. The lowest BCUT2D eigenvalue weighted by molar-refractivity contribution is -0.318. The molecule has 18 N–H and O–H groups in total. The predicted octanol–water partition coefficient (Wildman–Crippen LogP) is -2.85. The summed E-state index contributed by atoms with van der Waals surface area (Å²) in [6.45, 7) is 1.16. The van der Waals surface area contributed by atoms with Gasteiger partial charge in [0.05, 0.1) is 53.9 Å². The van der Waals surface area contributed by atoms with Gasteiger partial charge in [0.1, 0.15) is 107 Å². The van der Waals surface area contributed by atoms with Gasteiger partial charge in [-0.3, -0.25) is 9.59 Å². The van der Waals surface area contributed by atoms with Gasteiger partial charge in [0.15, 0.2) is 70.1 Å². The van der Waals surface area contributed by atoms with Gasteiger partial charge in [-0.2, -0.15) is 0 Å². The SMILES string of the molecule is COc1cc(-c2oc3c(Cc4c(O)c(OC)c(O)c5c(=O)c(O[C@@H]6O[C@H](CO[C@@H]7O[C@@H](C)[C@H](O)[C@@H](O)[C@H]7O)[C@H](O)[C@H](O)[C@H]6O)c(-c6ccc(O)c(OC)c6)oc45)c(O)c(OC)c(O)c3c(=O)c2O[C@@H]2O[C@H](CO[C@@H]3O[C@@H](C)[C@H](O)[C@@H](O)[C@H]3O)[C@H](O)[C@H](O)[C@H]2O)ccc1O.